The predicted molar refractivity (Wildman–Crippen MR) is 146 cm³/mol. The molecular formula is C30H35N3O6. The SMILES string of the molecule is CC1=C(C(=O)OC(C)C)C(c2cccc([N+](=O)[O-])c2)C(C(=O)OC2CCN(Cc3ccccc3)CC2)=C(C)N1. The van der Waals surface area contributed by atoms with Crippen molar-refractivity contribution in [1.29, 1.82) is 0 Å². The summed E-state index contributed by atoms with van der Waals surface area (Å²) in [6, 6.07) is 16.3. The van der Waals surface area contributed by atoms with Crippen molar-refractivity contribution < 1.29 is 24.0 Å². The maximum absolute atomic E-state index is 13.7. The summed E-state index contributed by atoms with van der Waals surface area (Å²) >= 11 is 0. The van der Waals surface area contributed by atoms with E-state index in [9.17, 15) is 19.7 Å². The van der Waals surface area contributed by atoms with Gasteiger partial charge in [-0.1, -0.05) is 42.5 Å². The number of carbonyl (C=O) groups excluding carboxylic acids is 2. The molecule has 1 fully saturated rings. The standard InChI is InChI=1S/C30H35N3O6/c1-19(2)38-29(34)26-20(3)31-21(4)27(28(26)23-11-8-12-24(17-23)33(36)37)30(35)39-25-13-15-32(16-14-25)18-22-9-6-5-7-10-22/h5-12,17,19,25,28,31H,13-16,18H2,1-4H3. The lowest BCUT2D eigenvalue weighted by Crippen LogP contribution is -2.39. The van der Waals surface area contributed by atoms with E-state index in [0.29, 0.717) is 29.8 Å². The van der Waals surface area contributed by atoms with Crippen LogP contribution in [0.3, 0.4) is 0 Å². The fourth-order valence-corrected chi connectivity index (χ4v) is 5.21. The van der Waals surface area contributed by atoms with Crippen molar-refractivity contribution in [2.45, 2.75) is 65.2 Å². The summed E-state index contributed by atoms with van der Waals surface area (Å²) < 4.78 is 11.5. The van der Waals surface area contributed by atoms with E-state index in [-0.39, 0.29) is 29.0 Å². The molecule has 1 saturated heterocycles. The number of piperidine rings is 1. The Bertz CT molecular complexity index is 1290. The van der Waals surface area contributed by atoms with E-state index in [1.807, 2.05) is 18.2 Å². The lowest BCUT2D eigenvalue weighted by Gasteiger charge is -2.34. The molecule has 2 aliphatic rings. The highest BCUT2D eigenvalue weighted by molar-refractivity contribution is 6.00. The molecule has 39 heavy (non-hydrogen) atoms. The van der Waals surface area contributed by atoms with Gasteiger partial charge in [0, 0.05) is 43.2 Å². The topological polar surface area (TPSA) is 111 Å². The Labute approximate surface area is 228 Å². The van der Waals surface area contributed by atoms with Crippen LogP contribution in [0, 0.1) is 10.1 Å². The summed E-state index contributed by atoms with van der Waals surface area (Å²) in [6.07, 6.45) is 0.731. The third-order valence-electron chi connectivity index (χ3n) is 7.01. The minimum absolute atomic E-state index is 0.128. The molecule has 0 spiro atoms. The van der Waals surface area contributed by atoms with Gasteiger partial charge in [0.2, 0.25) is 0 Å². The molecule has 0 aromatic heterocycles. The number of benzene rings is 2. The minimum Gasteiger partial charge on any atom is -0.460 e. The van der Waals surface area contributed by atoms with E-state index in [0.717, 1.165) is 19.6 Å². The van der Waals surface area contributed by atoms with E-state index >= 15 is 0 Å². The molecule has 9 heteroatoms. The van der Waals surface area contributed by atoms with Crippen LogP contribution in [0.15, 0.2) is 77.1 Å². The van der Waals surface area contributed by atoms with Gasteiger partial charge in [0.1, 0.15) is 6.10 Å². The van der Waals surface area contributed by atoms with E-state index in [1.165, 1.54) is 17.7 Å². The molecule has 0 radical (unpaired) electrons. The van der Waals surface area contributed by atoms with E-state index in [1.54, 1.807) is 39.8 Å². The number of esters is 2. The molecule has 2 aromatic carbocycles. The Morgan fingerprint density at radius 1 is 1.00 bits per heavy atom. The van der Waals surface area contributed by atoms with Crippen molar-refractivity contribution >= 4 is 17.6 Å². The number of hydrogen-bond donors (Lipinski definition) is 1. The number of ether oxygens (including phenoxy) is 2. The van der Waals surface area contributed by atoms with Gasteiger partial charge < -0.3 is 14.8 Å². The number of rotatable bonds is 8. The zero-order valence-corrected chi connectivity index (χ0v) is 22.8. The summed E-state index contributed by atoms with van der Waals surface area (Å²) in [4.78, 5) is 40.3. The molecular weight excluding hydrogens is 498 g/mol. The van der Waals surface area contributed by atoms with Gasteiger partial charge in [-0.05, 0) is 51.7 Å². The average molecular weight is 534 g/mol. The number of nitrogens with zero attached hydrogens (tertiary/aromatic N) is 2. The quantitative estimate of drug-likeness (QED) is 0.287. The van der Waals surface area contributed by atoms with Crippen molar-refractivity contribution in [3.8, 4) is 0 Å². The Morgan fingerprint density at radius 3 is 2.26 bits per heavy atom. The first kappa shape index (κ1) is 28.0. The average Bonchev–Trinajstić information content (AvgIpc) is 2.89. The first-order chi connectivity index (χ1) is 18.6. The normalized spacial score (nSPS) is 18.6. The molecule has 0 saturated carbocycles. The van der Waals surface area contributed by atoms with Gasteiger partial charge in [0.05, 0.1) is 28.1 Å². The summed E-state index contributed by atoms with van der Waals surface area (Å²) in [6.45, 7) is 9.40. The number of carbonyl (C=O) groups is 2. The lowest BCUT2D eigenvalue weighted by molar-refractivity contribution is -0.384. The van der Waals surface area contributed by atoms with Crippen LogP contribution in [0.1, 0.15) is 57.6 Å². The van der Waals surface area contributed by atoms with E-state index in [2.05, 4.69) is 22.3 Å². The highest BCUT2D eigenvalue weighted by Crippen LogP contribution is 2.40. The van der Waals surface area contributed by atoms with Crippen LogP contribution in [0.5, 0.6) is 0 Å². The minimum atomic E-state index is -0.872. The Balaban J connectivity index is 1.57. The highest BCUT2D eigenvalue weighted by Gasteiger charge is 2.39. The number of nitro groups is 1. The first-order valence-electron chi connectivity index (χ1n) is 13.2. The lowest BCUT2D eigenvalue weighted by atomic mass is 9.80. The summed E-state index contributed by atoms with van der Waals surface area (Å²) in [5.41, 5.74) is 3.12. The largest absolute Gasteiger partial charge is 0.460 e. The van der Waals surface area contributed by atoms with Crippen molar-refractivity contribution in [3.63, 3.8) is 0 Å². The van der Waals surface area contributed by atoms with Gasteiger partial charge in [-0.3, -0.25) is 15.0 Å². The number of likely N-dealkylation sites (tertiary alicyclic amines) is 1. The number of hydrogen-bond acceptors (Lipinski definition) is 8. The van der Waals surface area contributed by atoms with Gasteiger partial charge in [0.15, 0.2) is 0 Å². The first-order valence-corrected chi connectivity index (χ1v) is 13.2. The van der Waals surface area contributed by atoms with Crippen LogP contribution < -0.4 is 5.32 Å². The molecule has 9 nitrogen and oxygen atoms in total. The van der Waals surface area contributed by atoms with E-state index in [4.69, 9.17) is 9.47 Å². The highest BCUT2D eigenvalue weighted by atomic mass is 16.6. The van der Waals surface area contributed by atoms with Gasteiger partial charge in [-0.15, -0.1) is 0 Å². The van der Waals surface area contributed by atoms with Crippen molar-refractivity contribution in [3.05, 3.63) is 98.4 Å². The molecule has 2 aliphatic heterocycles. The monoisotopic (exact) mass is 533 g/mol. The summed E-state index contributed by atoms with van der Waals surface area (Å²) in [5, 5.41) is 14.7. The van der Waals surface area contributed by atoms with Crippen molar-refractivity contribution in [2.75, 3.05) is 13.1 Å². The number of nitro benzene ring substituents is 1. The Morgan fingerprint density at radius 2 is 1.64 bits per heavy atom. The second-order valence-electron chi connectivity index (χ2n) is 10.3. The zero-order chi connectivity index (χ0) is 28.1. The second kappa shape index (κ2) is 12.3. The molecule has 2 heterocycles. The molecule has 2 aromatic rings. The summed E-state index contributed by atoms with van der Waals surface area (Å²) in [7, 11) is 0. The molecule has 0 bridgehead atoms. The summed E-state index contributed by atoms with van der Waals surface area (Å²) in [5.74, 6) is -2.00. The van der Waals surface area contributed by atoms with Gasteiger partial charge in [-0.25, -0.2) is 9.59 Å². The van der Waals surface area contributed by atoms with Gasteiger partial charge in [0.25, 0.3) is 5.69 Å². The number of allylic oxidation sites excluding steroid dienone is 2. The molecule has 1 unspecified atom stereocenters. The Hall–Kier alpha value is -3.98. The van der Waals surface area contributed by atoms with Crippen LogP contribution in [0.25, 0.3) is 0 Å². The van der Waals surface area contributed by atoms with Crippen LogP contribution in [-0.4, -0.2) is 47.1 Å². The number of non-ortho nitro benzene ring substituents is 1. The predicted octanol–water partition coefficient (Wildman–Crippen LogP) is 4.99. The van der Waals surface area contributed by atoms with Crippen molar-refractivity contribution in [1.82, 2.24) is 10.2 Å². The van der Waals surface area contributed by atoms with Crippen LogP contribution in [-0.2, 0) is 25.6 Å². The molecule has 4 rings (SSSR count). The van der Waals surface area contributed by atoms with Gasteiger partial charge in [-0.2, -0.15) is 0 Å². The fourth-order valence-electron chi connectivity index (χ4n) is 5.21. The van der Waals surface area contributed by atoms with Crippen LogP contribution in [0.4, 0.5) is 5.69 Å². The zero-order valence-electron chi connectivity index (χ0n) is 22.8. The number of dihydropyridines is 1. The van der Waals surface area contributed by atoms with Crippen molar-refractivity contribution in [2.24, 2.45) is 0 Å². The van der Waals surface area contributed by atoms with Crippen LogP contribution in [0.2, 0.25) is 0 Å². The molecule has 0 amide bonds. The molecule has 0 aliphatic carbocycles. The molecule has 206 valence electrons. The maximum atomic E-state index is 13.7. The molecule has 1 N–H and O–H groups in total. The number of nitrogens with one attached hydrogen (secondary N) is 1. The maximum Gasteiger partial charge on any atom is 0.337 e. The third kappa shape index (κ3) is 6.72. The van der Waals surface area contributed by atoms with Gasteiger partial charge >= 0.3 is 11.9 Å². The smallest absolute Gasteiger partial charge is 0.337 e. The second-order valence-corrected chi connectivity index (χ2v) is 10.3. The van der Waals surface area contributed by atoms with Crippen LogP contribution >= 0.6 is 0 Å². The third-order valence-corrected chi connectivity index (χ3v) is 7.01. The fraction of sp³-hybridized carbons (Fsp3) is 0.400. The Kier molecular flexibility index (Phi) is 8.81. The van der Waals surface area contributed by atoms with E-state index < -0.39 is 22.8 Å². The molecule has 1 atom stereocenters.